The van der Waals surface area contributed by atoms with Crippen LogP contribution in [-0.4, -0.2) is 25.6 Å². The van der Waals surface area contributed by atoms with Crippen LogP contribution in [0.15, 0.2) is 67.0 Å². The van der Waals surface area contributed by atoms with E-state index >= 15 is 0 Å². The molecule has 0 unspecified atom stereocenters. The van der Waals surface area contributed by atoms with Gasteiger partial charge in [-0.3, -0.25) is 9.78 Å². The number of benzene rings is 1. The van der Waals surface area contributed by atoms with E-state index in [4.69, 9.17) is 22.2 Å². The normalized spacial score (nSPS) is 17.0. The molecule has 3 aromatic heterocycles. The Kier molecular flexibility index (Phi) is 7.23. The summed E-state index contributed by atoms with van der Waals surface area (Å²) >= 11 is 5.95. The van der Waals surface area contributed by atoms with E-state index in [2.05, 4.69) is 58.2 Å². The van der Waals surface area contributed by atoms with E-state index < -0.39 is 0 Å². The maximum atomic E-state index is 12.3. The highest BCUT2D eigenvalue weighted by molar-refractivity contribution is 7.80. The largest absolute Gasteiger partial charge is 0.351 e. The van der Waals surface area contributed by atoms with Crippen LogP contribution in [0.5, 0.6) is 0 Å². The van der Waals surface area contributed by atoms with Crippen LogP contribution in [0.2, 0.25) is 0 Å². The lowest BCUT2D eigenvalue weighted by Crippen LogP contribution is -2.29. The van der Waals surface area contributed by atoms with Gasteiger partial charge in [0.1, 0.15) is 5.82 Å². The van der Waals surface area contributed by atoms with Crippen molar-refractivity contribution in [3.8, 4) is 5.82 Å². The Hall–Kier alpha value is -4.04. The molecule has 8 heteroatoms. The molecule has 1 aliphatic rings. The molecule has 1 aromatic carbocycles. The summed E-state index contributed by atoms with van der Waals surface area (Å²) in [5.41, 5.74) is 8.11. The lowest BCUT2D eigenvalue weighted by molar-refractivity contribution is -0.118. The average molecular weight is 539 g/mol. The number of nitrogens with zero attached hydrogens (tertiary/aromatic N) is 4. The fraction of sp³-hybridized carbons (Fsp3) is 0.290. The summed E-state index contributed by atoms with van der Waals surface area (Å²) in [6.45, 7) is 12.1. The number of hydrogen-bond donors (Lipinski definition) is 2. The summed E-state index contributed by atoms with van der Waals surface area (Å²) in [6.07, 6.45) is 3.71. The quantitative estimate of drug-likeness (QED) is 0.282. The number of hydrogen-bond acceptors (Lipinski definition) is 4. The molecule has 4 aromatic rings. The first-order valence-corrected chi connectivity index (χ1v) is 13.6. The van der Waals surface area contributed by atoms with Crippen molar-refractivity contribution >= 4 is 34.6 Å². The van der Waals surface area contributed by atoms with Gasteiger partial charge in [-0.15, -0.1) is 0 Å². The second-order valence-electron chi connectivity index (χ2n) is 10.5. The molecular weight excluding hydrogens is 504 g/mol. The van der Waals surface area contributed by atoms with Crippen molar-refractivity contribution in [1.29, 1.82) is 0 Å². The lowest BCUT2D eigenvalue weighted by Gasteiger charge is -2.29. The third-order valence-corrected chi connectivity index (χ3v) is 7.60. The van der Waals surface area contributed by atoms with Gasteiger partial charge in [-0.25, -0.2) is 4.98 Å². The second-order valence-corrected chi connectivity index (χ2v) is 10.9. The van der Waals surface area contributed by atoms with Gasteiger partial charge in [0, 0.05) is 41.1 Å². The average Bonchev–Trinajstić information content (AvgIpc) is 3.41. The van der Waals surface area contributed by atoms with E-state index in [0.29, 0.717) is 5.11 Å². The Labute approximate surface area is 235 Å². The molecule has 2 N–H and O–H groups in total. The van der Waals surface area contributed by atoms with Crippen molar-refractivity contribution in [3.63, 3.8) is 0 Å². The smallest absolute Gasteiger partial charge is 0.226 e. The van der Waals surface area contributed by atoms with Crippen molar-refractivity contribution in [2.45, 2.75) is 53.6 Å². The summed E-state index contributed by atoms with van der Waals surface area (Å²) in [6, 6.07) is 18.1. The van der Waals surface area contributed by atoms with Crippen LogP contribution < -0.4 is 15.5 Å². The van der Waals surface area contributed by atoms with Gasteiger partial charge in [0.25, 0.3) is 0 Å². The molecule has 0 saturated carbocycles. The van der Waals surface area contributed by atoms with E-state index in [1.807, 2.05) is 70.4 Å². The van der Waals surface area contributed by atoms with Crippen molar-refractivity contribution < 1.29 is 4.79 Å². The number of anilines is 2. The predicted molar refractivity (Wildman–Crippen MR) is 160 cm³/mol. The Morgan fingerprint density at radius 3 is 2.46 bits per heavy atom. The lowest BCUT2D eigenvalue weighted by atomic mass is 9.96. The zero-order chi connectivity index (χ0) is 27.8. The molecule has 1 saturated heterocycles. The minimum absolute atomic E-state index is 0.00513. The Bertz CT molecular complexity index is 1530. The fourth-order valence-corrected chi connectivity index (χ4v) is 5.54. The summed E-state index contributed by atoms with van der Waals surface area (Å²) in [5, 5.41) is 7.22. The highest BCUT2D eigenvalue weighted by Crippen LogP contribution is 2.44. The Morgan fingerprint density at radius 1 is 1.03 bits per heavy atom. The standard InChI is InChI=1S/C31H34N6OS/c1-18(2)30(38)34-25-12-11-23(15-20(25)4)37-29(28(35-31(37)39)26-9-7-8-14-32-26)24-16-21(5)36(22(24)6)27-13-10-19(3)17-33-27/h7-18,28-29H,1-6H3,(H,34,38)(H,35,39)/t28-,29+/m1/s1. The monoisotopic (exact) mass is 538 g/mol. The van der Waals surface area contributed by atoms with Gasteiger partial charge in [0.05, 0.1) is 17.8 Å². The van der Waals surface area contributed by atoms with Crippen molar-refractivity contribution in [2.24, 2.45) is 5.92 Å². The summed E-state index contributed by atoms with van der Waals surface area (Å²) in [5.74, 6) is 0.785. The van der Waals surface area contributed by atoms with Gasteiger partial charge in [0.15, 0.2) is 5.11 Å². The van der Waals surface area contributed by atoms with Gasteiger partial charge in [0.2, 0.25) is 5.91 Å². The SMILES string of the molecule is Cc1ccc(-n2c(C)cc([C@H]3[C@@H](c4ccccn4)NC(=S)N3c3ccc(NC(=O)C(C)C)c(C)c3)c2C)nc1. The van der Waals surface area contributed by atoms with E-state index in [9.17, 15) is 4.79 Å². The van der Waals surface area contributed by atoms with Gasteiger partial charge in [-0.05, 0) is 99.1 Å². The zero-order valence-electron chi connectivity index (χ0n) is 23.2. The number of pyridine rings is 2. The van der Waals surface area contributed by atoms with Crippen LogP contribution in [0.4, 0.5) is 11.4 Å². The molecule has 0 radical (unpaired) electrons. The number of rotatable bonds is 6. The first kappa shape index (κ1) is 26.6. The minimum atomic E-state index is -0.153. The van der Waals surface area contributed by atoms with Gasteiger partial charge in [-0.1, -0.05) is 26.0 Å². The van der Waals surface area contributed by atoms with Crippen LogP contribution >= 0.6 is 12.2 Å². The number of amides is 1. The van der Waals surface area contributed by atoms with Crippen molar-refractivity contribution in [3.05, 3.63) is 101 Å². The highest BCUT2D eigenvalue weighted by Gasteiger charge is 2.42. The van der Waals surface area contributed by atoms with E-state index in [1.54, 1.807) is 0 Å². The number of carbonyl (C=O) groups excluding carboxylic acids is 1. The second kappa shape index (κ2) is 10.6. The van der Waals surface area contributed by atoms with Crippen LogP contribution in [-0.2, 0) is 4.79 Å². The minimum Gasteiger partial charge on any atom is -0.351 e. The molecule has 1 amide bonds. The molecule has 2 atom stereocenters. The van der Waals surface area contributed by atoms with Crippen molar-refractivity contribution in [1.82, 2.24) is 19.9 Å². The maximum Gasteiger partial charge on any atom is 0.226 e. The number of aryl methyl sites for hydroxylation is 3. The van der Waals surface area contributed by atoms with E-state index in [0.717, 1.165) is 51.0 Å². The first-order valence-electron chi connectivity index (χ1n) is 13.2. The molecule has 5 rings (SSSR count). The number of aromatic nitrogens is 3. The third-order valence-electron chi connectivity index (χ3n) is 7.28. The zero-order valence-corrected chi connectivity index (χ0v) is 24.0. The molecule has 39 heavy (non-hydrogen) atoms. The summed E-state index contributed by atoms with van der Waals surface area (Å²) < 4.78 is 2.19. The molecule has 4 heterocycles. The molecule has 0 bridgehead atoms. The van der Waals surface area contributed by atoms with Crippen LogP contribution in [0.1, 0.15) is 59.7 Å². The van der Waals surface area contributed by atoms with E-state index in [1.165, 1.54) is 0 Å². The molecule has 7 nitrogen and oxygen atoms in total. The first-order chi connectivity index (χ1) is 18.7. The molecule has 0 spiro atoms. The van der Waals surface area contributed by atoms with Gasteiger partial charge in [-0.2, -0.15) is 0 Å². The van der Waals surface area contributed by atoms with Crippen LogP contribution in [0, 0.1) is 33.6 Å². The molecule has 1 aliphatic heterocycles. The Morgan fingerprint density at radius 2 is 1.82 bits per heavy atom. The topological polar surface area (TPSA) is 75.1 Å². The third kappa shape index (κ3) is 5.04. The molecule has 200 valence electrons. The highest BCUT2D eigenvalue weighted by atomic mass is 32.1. The number of thiocarbonyl (C=S) groups is 1. The fourth-order valence-electron chi connectivity index (χ4n) is 5.20. The Balaban J connectivity index is 1.61. The maximum absolute atomic E-state index is 12.3. The predicted octanol–water partition coefficient (Wildman–Crippen LogP) is 6.27. The van der Waals surface area contributed by atoms with Crippen molar-refractivity contribution in [2.75, 3.05) is 10.2 Å². The van der Waals surface area contributed by atoms with Gasteiger partial charge >= 0.3 is 0 Å². The van der Waals surface area contributed by atoms with Crippen LogP contribution in [0.3, 0.4) is 0 Å². The number of nitrogens with one attached hydrogen (secondary N) is 2. The number of carbonyl (C=O) groups is 1. The van der Waals surface area contributed by atoms with E-state index in [-0.39, 0.29) is 23.9 Å². The molecular formula is C31H34N6OS. The summed E-state index contributed by atoms with van der Waals surface area (Å²) in [4.78, 5) is 23.9. The molecule has 0 aliphatic carbocycles. The van der Waals surface area contributed by atoms with Crippen LogP contribution in [0.25, 0.3) is 5.82 Å². The summed E-state index contributed by atoms with van der Waals surface area (Å²) in [7, 11) is 0. The van der Waals surface area contributed by atoms with Gasteiger partial charge < -0.3 is 20.1 Å². The molecule has 1 fully saturated rings.